The first kappa shape index (κ1) is 17.8. The summed E-state index contributed by atoms with van der Waals surface area (Å²) in [5.41, 5.74) is 0. The summed E-state index contributed by atoms with van der Waals surface area (Å²) >= 11 is 0. The average Bonchev–Trinajstić information content (AvgIpc) is 2.27. The van der Waals surface area contributed by atoms with Crippen LogP contribution in [-0.2, 0) is 17.7 Å². The SMILES string of the molecule is O=S(=O)(CCO)S(=O)(=O)CCCCCCCCO. The number of rotatable bonds is 11. The van der Waals surface area contributed by atoms with Gasteiger partial charge < -0.3 is 10.2 Å². The molecule has 6 nitrogen and oxygen atoms in total. The third kappa shape index (κ3) is 6.67. The van der Waals surface area contributed by atoms with Gasteiger partial charge in [-0.3, -0.25) is 0 Å². The molecule has 0 bridgehead atoms. The minimum absolute atomic E-state index is 0.160. The highest BCUT2D eigenvalue weighted by molar-refractivity contribution is 8.67. The van der Waals surface area contributed by atoms with Gasteiger partial charge in [0.05, 0.1) is 18.1 Å². The first-order valence-corrected chi connectivity index (χ1v) is 9.86. The molecule has 8 heteroatoms. The summed E-state index contributed by atoms with van der Waals surface area (Å²) < 4.78 is 45.5. The topological polar surface area (TPSA) is 109 Å². The molecule has 0 aromatic rings. The van der Waals surface area contributed by atoms with Crippen molar-refractivity contribution in [3.63, 3.8) is 0 Å². The Kier molecular flexibility index (Phi) is 8.75. The van der Waals surface area contributed by atoms with Gasteiger partial charge in [-0.2, -0.15) is 0 Å². The second-order valence-electron chi connectivity index (χ2n) is 4.09. The highest BCUT2D eigenvalue weighted by Crippen LogP contribution is 2.10. The van der Waals surface area contributed by atoms with E-state index in [1.165, 1.54) is 0 Å². The molecular formula is C10H22O6S2. The highest BCUT2D eigenvalue weighted by Gasteiger charge is 2.28. The molecule has 0 rings (SSSR count). The van der Waals surface area contributed by atoms with Crippen LogP contribution < -0.4 is 0 Å². The maximum atomic E-state index is 11.4. The number of hydrogen-bond acceptors (Lipinski definition) is 6. The molecule has 110 valence electrons. The smallest absolute Gasteiger partial charge is 0.255 e. The fourth-order valence-electron chi connectivity index (χ4n) is 1.46. The summed E-state index contributed by atoms with van der Waals surface area (Å²) in [6.45, 7) is -0.517. The van der Waals surface area contributed by atoms with Crippen molar-refractivity contribution in [1.29, 1.82) is 0 Å². The molecule has 0 amide bonds. The van der Waals surface area contributed by atoms with Gasteiger partial charge in [0.25, 0.3) is 17.7 Å². The van der Waals surface area contributed by atoms with Crippen LogP contribution in [0.5, 0.6) is 0 Å². The minimum atomic E-state index is -4.22. The van der Waals surface area contributed by atoms with Crippen LogP contribution >= 0.6 is 0 Å². The molecule has 0 aliphatic rings. The minimum Gasteiger partial charge on any atom is -0.396 e. The molecule has 0 saturated carbocycles. The first-order chi connectivity index (χ1) is 8.37. The van der Waals surface area contributed by atoms with Crippen LogP contribution in [0.25, 0.3) is 0 Å². The van der Waals surface area contributed by atoms with Crippen molar-refractivity contribution >= 4 is 17.7 Å². The van der Waals surface area contributed by atoms with E-state index in [1.54, 1.807) is 0 Å². The molecule has 0 aromatic carbocycles. The lowest BCUT2D eigenvalue weighted by molar-refractivity contribution is 0.282. The van der Waals surface area contributed by atoms with Crippen LogP contribution in [0.4, 0.5) is 0 Å². The van der Waals surface area contributed by atoms with Crippen LogP contribution in [0.3, 0.4) is 0 Å². The second kappa shape index (κ2) is 8.84. The van der Waals surface area contributed by atoms with Gasteiger partial charge in [-0.25, -0.2) is 16.8 Å². The molecule has 0 fully saturated rings. The third-order valence-electron chi connectivity index (χ3n) is 2.53. The molecule has 0 radical (unpaired) electrons. The maximum Gasteiger partial charge on any atom is 0.255 e. The van der Waals surface area contributed by atoms with Crippen LogP contribution in [0.1, 0.15) is 38.5 Å². The molecule has 0 aliphatic carbocycles. The lowest BCUT2D eigenvalue weighted by Crippen LogP contribution is -2.23. The zero-order valence-electron chi connectivity index (χ0n) is 10.4. The summed E-state index contributed by atoms with van der Waals surface area (Å²) in [6, 6.07) is 0. The predicted molar refractivity (Wildman–Crippen MR) is 69.4 cm³/mol. The van der Waals surface area contributed by atoms with Crippen molar-refractivity contribution in [3.8, 4) is 0 Å². The second-order valence-corrected chi connectivity index (χ2v) is 10.2. The maximum absolute atomic E-state index is 11.4. The Bertz CT molecular complexity index is 398. The number of hydrogen-bond donors (Lipinski definition) is 2. The normalized spacial score (nSPS) is 12.8. The summed E-state index contributed by atoms with van der Waals surface area (Å²) in [4.78, 5) is 0. The Morgan fingerprint density at radius 1 is 0.556 bits per heavy atom. The van der Waals surface area contributed by atoms with Crippen molar-refractivity contribution in [2.75, 3.05) is 24.7 Å². The van der Waals surface area contributed by atoms with Gasteiger partial charge in [0.1, 0.15) is 0 Å². The van der Waals surface area contributed by atoms with Crippen molar-refractivity contribution in [1.82, 2.24) is 0 Å². The monoisotopic (exact) mass is 302 g/mol. The van der Waals surface area contributed by atoms with Gasteiger partial charge in [-0.15, -0.1) is 0 Å². The summed E-state index contributed by atoms with van der Waals surface area (Å²) in [7, 11) is -8.37. The molecule has 0 atom stereocenters. The third-order valence-corrected chi connectivity index (χ3v) is 8.10. The van der Waals surface area contributed by atoms with E-state index in [2.05, 4.69) is 0 Å². The molecule has 0 saturated heterocycles. The molecule has 0 spiro atoms. The van der Waals surface area contributed by atoms with E-state index >= 15 is 0 Å². The van der Waals surface area contributed by atoms with Crippen molar-refractivity contribution in [2.24, 2.45) is 0 Å². The lowest BCUT2D eigenvalue weighted by Gasteiger charge is -2.04. The Morgan fingerprint density at radius 2 is 1.00 bits per heavy atom. The summed E-state index contributed by atoms with van der Waals surface area (Å²) in [5, 5.41) is 17.0. The quantitative estimate of drug-likeness (QED) is 0.412. The van der Waals surface area contributed by atoms with Gasteiger partial charge in [0, 0.05) is 6.61 Å². The Labute approximate surface area is 108 Å². The summed E-state index contributed by atoms with van der Waals surface area (Å²) in [6.07, 6.45) is 4.33. The lowest BCUT2D eigenvalue weighted by atomic mass is 10.1. The molecule has 0 aromatic heterocycles. The van der Waals surface area contributed by atoms with Crippen molar-refractivity contribution in [3.05, 3.63) is 0 Å². The highest BCUT2D eigenvalue weighted by atomic mass is 33.2. The zero-order valence-corrected chi connectivity index (χ0v) is 12.0. The van der Waals surface area contributed by atoms with Gasteiger partial charge in [0.15, 0.2) is 0 Å². The standard InChI is InChI=1S/C10H22O6S2/c11-7-5-3-1-2-4-6-9-17(13,14)18(15,16)10-8-12/h11-12H,1-10H2. The van der Waals surface area contributed by atoms with Crippen LogP contribution in [0.15, 0.2) is 0 Å². The van der Waals surface area contributed by atoms with E-state index in [4.69, 9.17) is 10.2 Å². The number of aliphatic hydroxyl groups excluding tert-OH is 2. The molecule has 0 aliphatic heterocycles. The Morgan fingerprint density at radius 3 is 1.50 bits per heavy atom. The number of unbranched alkanes of at least 4 members (excludes halogenated alkanes) is 5. The largest absolute Gasteiger partial charge is 0.396 e. The van der Waals surface area contributed by atoms with Gasteiger partial charge >= 0.3 is 0 Å². The fourth-order valence-corrected chi connectivity index (χ4v) is 4.85. The average molecular weight is 302 g/mol. The van der Waals surface area contributed by atoms with E-state index in [9.17, 15) is 16.8 Å². The van der Waals surface area contributed by atoms with E-state index in [0.717, 1.165) is 25.7 Å². The molecule has 0 unspecified atom stereocenters. The Hall–Kier alpha value is -0.180. The number of aliphatic hydroxyl groups is 2. The fraction of sp³-hybridized carbons (Fsp3) is 1.00. The van der Waals surface area contributed by atoms with Crippen molar-refractivity contribution < 1.29 is 27.0 Å². The van der Waals surface area contributed by atoms with E-state index in [1.807, 2.05) is 0 Å². The van der Waals surface area contributed by atoms with Crippen molar-refractivity contribution in [2.45, 2.75) is 38.5 Å². The molecule has 18 heavy (non-hydrogen) atoms. The van der Waals surface area contributed by atoms with Crippen LogP contribution in [-0.4, -0.2) is 51.8 Å². The Balaban J connectivity index is 3.92. The van der Waals surface area contributed by atoms with E-state index in [-0.39, 0.29) is 12.4 Å². The van der Waals surface area contributed by atoms with Crippen LogP contribution in [0, 0.1) is 0 Å². The molecule has 2 N–H and O–H groups in total. The van der Waals surface area contributed by atoms with Gasteiger partial charge in [-0.1, -0.05) is 25.7 Å². The van der Waals surface area contributed by atoms with Gasteiger partial charge in [-0.05, 0) is 12.8 Å². The van der Waals surface area contributed by atoms with Gasteiger partial charge in [0.2, 0.25) is 0 Å². The molecular weight excluding hydrogens is 280 g/mol. The first-order valence-electron chi connectivity index (χ1n) is 6.04. The van der Waals surface area contributed by atoms with E-state index in [0.29, 0.717) is 12.8 Å². The van der Waals surface area contributed by atoms with E-state index < -0.39 is 30.1 Å². The zero-order chi connectivity index (χ0) is 14.1. The molecule has 0 heterocycles. The van der Waals surface area contributed by atoms with Crippen LogP contribution in [0.2, 0.25) is 0 Å². The summed E-state index contributed by atoms with van der Waals surface area (Å²) in [5.74, 6) is -1.11. The predicted octanol–water partition coefficient (Wildman–Crippen LogP) is 0.0562.